The van der Waals surface area contributed by atoms with Gasteiger partial charge in [-0.1, -0.05) is 36.4 Å². The van der Waals surface area contributed by atoms with Crippen LogP contribution >= 0.6 is 0 Å². The number of amides is 1. The van der Waals surface area contributed by atoms with Crippen molar-refractivity contribution < 1.29 is 27.5 Å². The van der Waals surface area contributed by atoms with Crippen molar-refractivity contribution in [1.29, 1.82) is 0 Å². The molecule has 3 N–H and O–H groups in total. The molecule has 0 saturated carbocycles. The van der Waals surface area contributed by atoms with Gasteiger partial charge in [-0.15, -0.1) is 0 Å². The molecule has 0 unspecified atom stereocenters. The number of ketones is 1. The lowest BCUT2D eigenvalue weighted by atomic mass is 9.98. The fraction of sp³-hybridized carbons (Fsp3) is 0.269. The number of halogens is 1. The Morgan fingerprint density at radius 3 is 2.25 bits per heavy atom. The molecule has 2 aromatic carbocycles. The van der Waals surface area contributed by atoms with Gasteiger partial charge in [0, 0.05) is 18.2 Å². The zero-order chi connectivity index (χ0) is 26.3. The van der Waals surface area contributed by atoms with Crippen molar-refractivity contribution in [3.8, 4) is 0 Å². The number of hydrogen-bond acceptors (Lipinski definition) is 6. The van der Waals surface area contributed by atoms with Crippen LogP contribution in [0.1, 0.15) is 35.3 Å². The molecule has 0 spiro atoms. The highest BCUT2D eigenvalue weighted by Gasteiger charge is 2.27. The van der Waals surface area contributed by atoms with Gasteiger partial charge in [0.25, 0.3) is 15.9 Å². The number of hydrogen-bond donors (Lipinski definition) is 3. The van der Waals surface area contributed by atoms with Crippen molar-refractivity contribution in [2.24, 2.45) is 0 Å². The normalized spacial score (nSPS) is 12.7. The minimum Gasteiger partial charge on any atom is -0.394 e. The Kier molecular flexibility index (Phi) is 8.67. The number of aliphatic hydroxyl groups is 1. The number of Topliss-reactive ketones (excluding diaryl/α,β-unsaturated/α-hetero) is 1. The molecule has 0 aliphatic carbocycles. The van der Waals surface area contributed by atoms with Crippen molar-refractivity contribution in [3.05, 3.63) is 95.4 Å². The fourth-order valence-corrected chi connectivity index (χ4v) is 4.72. The van der Waals surface area contributed by atoms with E-state index in [0.29, 0.717) is 5.56 Å². The van der Waals surface area contributed by atoms with E-state index in [1.54, 1.807) is 0 Å². The van der Waals surface area contributed by atoms with Gasteiger partial charge in [-0.05, 0) is 61.7 Å². The first kappa shape index (κ1) is 27.1. The Balaban J connectivity index is 1.76. The summed E-state index contributed by atoms with van der Waals surface area (Å²) in [4.78, 5) is 29.9. The van der Waals surface area contributed by atoms with Gasteiger partial charge in [-0.2, -0.15) is 0 Å². The average Bonchev–Trinajstić information content (AvgIpc) is 2.84. The number of nitrogens with zero attached hydrogens (tertiary/aromatic N) is 1. The molecule has 36 heavy (non-hydrogen) atoms. The predicted octanol–water partition coefficient (Wildman–Crippen LogP) is 2.42. The van der Waals surface area contributed by atoms with E-state index in [2.05, 4.69) is 15.0 Å². The highest BCUT2D eigenvalue weighted by atomic mass is 32.2. The lowest BCUT2D eigenvalue weighted by Gasteiger charge is -2.22. The molecule has 0 fully saturated rings. The molecule has 190 valence electrons. The molecule has 0 radical (unpaired) electrons. The SMILES string of the molecule is CC(C)(CO)NS(=O)(=O)c1ccc(CC(=O)[C@H](Cc2ccccc2)NC(=O)c2ccc(F)cc2)cn1. The monoisotopic (exact) mass is 513 g/mol. The van der Waals surface area contributed by atoms with Crippen LogP contribution in [0.4, 0.5) is 4.39 Å². The third-order valence-corrected chi connectivity index (χ3v) is 6.95. The third-order valence-electron chi connectivity index (χ3n) is 5.34. The molecule has 1 atom stereocenters. The van der Waals surface area contributed by atoms with Gasteiger partial charge in [0.2, 0.25) is 0 Å². The molecule has 0 saturated heterocycles. The molecule has 3 rings (SSSR count). The lowest BCUT2D eigenvalue weighted by Crippen LogP contribution is -2.46. The summed E-state index contributed by atoms with van der Waals surface area (Å²) in [5.41, 5.74) is 0.460. The smallest absolute Gasteiger partial charge is 0.258 e. The summed E-state index contributed by atoms with van der Waals surface area (Å²) in [5.74, 6) is -1.29. The lowest BCUT2D eigenvalue weighted by molar-refractivity contribution is -0.120. The fourth-order valence-electron chi connectivity index (χ4n) is 3.39. The molecule has 8 nitrogen and oxygen atoms in total. The van der Waals surface area contributed by atoms with Crippen molar-refractivity contribution in [3.63, 3.8) is 0 Å². The van der Waals surface area contributed by atoms with E-state index in [1.165, 1.54) is 56.4 Å². The molecule has 0 bridgehead atoms. The van der Waals surface area contributed by atoms with Crippen molar-refractivity contribution in [1.82, 2.24) is 15.0 Å². The molecule has 0 aliphatic heterocycles. The van der Waals surface area contributed by atoms with Gasteiger partial charge in [0.05, 0.1) is 18.2 Å². The van der Waals surface area contributed by atoms with E-state index in [9.17, 15) is 27.5 Å². The first-order valence-electron chi connectivity index (χ1n) is 11.2. The molecule has 3 aromatic rings. The molecular weight excluding hydrogens is 485 g/mol. The molecule has 10 heteroatoms. The van der Waals surface area contributed by atoms with E-state index < -0.39 is 39.9 Å². The minimum absolute atomic E-state index is 0.0932. The average molecular weight is 514 g/mol. The summed E-state index contributed by atoms with van der Waals surface area (Å²) in [6, 6.07) is 16.1. The van der Waals surface area contributed by atoms with Gasteiger partial charge in [-0.3, -0.25) is 9.59 Å². The van der Waals surface area contributed by atoms with Crippen LogP contribution in [0.2, 0.25) is 0 Å². The van der Waals surface area contributed by atoms with Crippen LogP contribution < -0.4 is 10.0 Å². The van der Waals surface area contributed by atoms with Gasteiger partial charge in [0.1, 0.15) is 5.82 Å². The highest BCUT2D eigenvalue weighted by Crippen LogP contribution is 2.14. The molecule has 1 amide bonds. The van der Waals surface area contributed by atoms with Crippen molar-refractivity contribution in [2.45, 2.75) is 43.3 Å². The zero-order valence-electron chi connectivity index (χ0n) is 19.9. The van der Waals surface area contributed by atoms with E-state index in [1.807, 2.05) is 30.3 Å². The number of aromatic nitrogens is 1. The number of rotatable bonds is 11. The van der Waals surface area contributed by atoms with Crippen LogP contribution in [-0.4, -0.2) is 48.4 Å². The van der Waals surface area contributed by atoms with E-state index in [-0.39, 0.29) is 29.2 Å². The predicted molar refractivity (Wildman–Crippen MR) is 132 cm³/mol. The largest absolute Gasteiger partial charge is 0.394 e. The van der Waals surface area contributed by atoms with Crippen LogP contribution in [0.25, 0.3) is 0 Å². The molecule has 0 aliphatic rings. The third kappa shape index (κ3) is 7.51. The molecular formula is C26H28FN3O5S. The van der Waals surface area contributed by atoms with Crippen LogP contribution in [0.3, 0.4) is 0 Å². The quantitative estimate of drug-likeness (QED) is 0.362. The summed E-state index contributed by atoms with van der Waals surface area (Å²) >= 11 is 0. The van der Waals surface area contributed by atoms with Crippen molar-refractivity contribution in [2.75, 3.05) is 6.61 Å². The van der Waals surface area contributed by atoms with Gasteiger partial charge >= 0.3 is 0 Å². The van der Waals surface area contributed by atoms with Gasteiger partial charge < -0.3 is 10.4 Å². The minimum atomic E-state index is -3.97. The number of carbonyl (C=O) groups excluding carboxylic acids is 2. The van der Waals surface area contributed by atoms with E-state index in [4.69, 9.17) is 0 Å². The van der Waals surface area contributed by atoms with Gasteiger partial charge in [0.15, 0.2) is 10.8 Å². The number of carbonyl (C=O) groups is 2. The Morgan fingerprint density at radius 1 is 1.00 bits per heavy atom. The Hall–Kier alpha value is -3.47. The van der Waals surface area contributed by atoms with E-state index in [0.717, 1.165) is 5.56 Å². The Morgan fingerprint density at radius 2 is 1.67 bits per heavy atom. The number of sulfonamides is 1. The molecule has 1 aromatic heterocycles. The summed E-state index contributed by atoms with van der Waals surface area (Å²) in [7, 11) is -3.97. The maximum atomic E-state index is 13.2. The maximum Gasteiger partial charge on any atom is 0.258 e. The number of benzene rings is 2. The summed E-state index contributed by atoms with van der Waals surface area (Å²) in [6.07, 6.45) is 1.44. The molecule has 1 heterocycles. The standard InChI is InChI=1S/C26H28FN3O5S/c1-26(2,17-31)30-36(34,35)24-13-8-19(16-28-24)15-23(32)22(14-18-6-4-3-5-7-18)29-25(33)20-9-11-21(27)12-10-20/h3-13,16,22,30-31H,14-15,17H2,1-2H3,(H,29,33)/t22-/m0/s1. The summed E-state index contributed by atoms with van der Waals surface area (Å²) < 4.78 is 40.6. The van der Waals surface area contributed by atoms with Crippen molar-refractivity contribution >= 4 is 21.7 Å². The summed E-state index contributed by atoms with van der Waals surface area (Å²) in [5, 5.41) is 11.8. The first-order chi connectivity index (χ1) is 17.0. The second kappa shape index (κ2) is 11.5. The van der Waals surface area contributed by atoms with Gasteiger partial charge in [-0.25, -0.2) is 22.5 Å². The topological polar surface area (TPSA) is 125 Å². The maximum absolute atomic E-state index is 13.2. The van der Waals surface area contributed by atoms with Crippen LogP contribution in [0, 0.1) is 5.82 Å². The second-order valence-corrected chi connectivity index (χ2v) is 10.6. The number of pyridine rings is 1. The van der Waals surface area contributed by atoms with E-state index >= 15 is 0 Å². The van der Waals surface area contributed by atoms with Crippen LogP contribution in [-0.2, 0) is 27.7 Å². The zero-order valence-corrected chi connectivity index (χ0v) is 20.8. The summed E-state index contributed by atoms with van der Waals surface area (Å²) in [6.45, 7) is 2.67. The first-order valence-corrected chi connectivity index (χ1v) is 12.7. The second-order valence-electron chi connectivity index (χ2n) is 9.02. The van der Waals surface area contributed by atoms with Crippen LogP contribution in [0.15, 0.2) is 78.0 Å². The Bertz CT molecular complexity index is 1300. The van der Waals surface area contributed by atoms with Crippen LogP contribution in [0.5, 0.6) is 0 Å². The Labute approximate surface area is 209 Å². The number of aliphatic hydroxyl groups excluding tert-OH is 1. The highest BCUT2D eigenvalue weighted by molar-refractivity contribution is 7.89. The number of nitrogens with one attached hydrogen (secondary N) is 2.